The van der Waals surface area contributed by atoms with E-state index in [0.717, 1.165) is 18.4 Å². The lowest BCUT2D eigenvalue weighted by Gasteiger charge is -2.10. The molecule has 1 nitrogen and oxygen atoms in total. The first kappa shape index (κ1) is 13.6. The highest BCUT2D eigenvalue weighted by Gasteiger charge is 2.11. The molecule has 0 aliphatic rings. The van der Waals surface area contributed by atoms with Gasteiger partial charge in [0.25, 0.3) is 0 Å². The minimum atomic E-state index is -0.147. The van der Waals surface area contributed by atoms with Crippen LogP contribution in [0.2, 0.25) is 5.02 Å². The average Bonchev–Trinajstić information content (AvgIpc) is 2.45. The van der Waals surface area contributed by atoms with Crippen LogP contribution in [-0.4, -0.2) is 0 Å². The molecular formula is C17H16ClN. The average molecular weight is 270 g/mol. The highest BCUT2D eigenvalue weighted by atomic mass is 35.5. The van der Waals surface area contributed by atoms with Gasteiger partial charge in [0, 0.05) is 5.02 Å². The summed E-state index contributed by atoms with van der Waals surface area (Å²) in [7, 11) is 0. The molecule has 0 aliphatic heterocycles. The standard InChI is InChI=1S/C17H16ClN/c1-2-13-6-8-14(9-7-13)10-16(12-19)15-4-3-5-17(18)11-15/h3-9,11,16H,2,10H2,1H3. The number of nitrogens with zero attached hydrogens (tertiary/aromatic N) is 1. The summed E-state index contributed by atoms with van der Waals surface area (Å²) < 4.78 is 0. The summed E-state index contributed by atoms with van der Waals surface area (Å²) in [5, 5.41) is 10.0. The maximum absolute atomic E-state index is 9.34. The van der Waals surface area contributed by atoms with Gasteiger partial charge in [0.05, 0.1) is 12.0 Å². The van der Waals surface area contributed by atoms with Crippen LogP contribution in [0, 0.1) is 11.3 Å². The molecule has 0 amide bonds. The van der Waals surface area contributed by atoms with E-state index in [1.54, 1.807) is 0 Å². The minimum absolute atomic E-state index is 0.147. The Balaban J connectivity index is 2.17. The Morgan fingerprint density at radius 2 is 1.79 bits per heavy atom. The number of benzene rings is 2. The molecule has 2 rings (SSSR count). The van der Waals surface area contributed by atoms with Crippen molar-refractivity contribution < 1.29 is 0 Å². The number of rotatable bonds is 4. The maximum Gasteiger partial charge on any atom is 0.0753 e. The summed E-state index contributed by atoms with van der Waals surface area (Å²) in [4.78, 5) is 0. The second-order valence-corrected chi connectivity index (χ2v) is 5.05. The largest absolute Gasteiger partial charge is 0.198 e. The van der Waals surface area contributed by atoms with Crippen molar-refractivity contribution in [2.45, 2.75) is 25.7 Å². The maximum atomic E-state index is 9.34. The Morgan fingerprint density at radius 3 is 2.37 bits per heavy atom. The second-order valence-electron chi connectivity index (χ2n) is 4.61. The third kappa shape index (κ3) is 3.59. The Labute approximate surface area is 119 Å². The molecule has 2 heteroatoms. The number of nitriles is 1. The van der Waals surface area contributed by atoms with Crippen LogP contribution in [0.25, 0.3) is 0 Å². The molecule has 1 atom stereocenters. The molecule has 0 heterocycles. The lowest BCUT2D eigenvalue weighted by Crippen LogP contribution is -2.00. The summed E-state index contributed by atoms with van der Waals surface area (Å²) in [5.74, 6) is -0.147. The molecule has 0 N–H and O–H groups in total. The lowest BCUT2D eigenvalue weighted by atomic mass is 9.93. The Kier molecular flexibility index (Phi) is 4.60. The topological polar surface area (TPSA) is 23.8 Å². The molecule has 0 spiro atoms. The normalized spacial score (nSPS) is 11.8. The zero-order valence-electron chi connectivity index (χ0n) is 10.9. The predicted molar refractivity (Wildman–Crippen MR) is 79.3 cm³/mol. The van der Waals surface area contributed by atoms with Gasteiger partial charge in [0.1, 0.15) is 0 Å². The van der Waals surface area contributed by atoms with E-state index in [0.29, 0.717) is 5.02 Å². The van der Waals surface area contributed by atoms with E-state index in [-0.39, 0.29) is 5.92 Å². The third-order valence-corrected chi connectivity index (χ3v) is 3.51. The van der Waals surface area contributed by atoms with Crippen LogP contribution in [-0.2, 0) is 12.8 Å². The van der Waals surface area contributed by atoms with E-state index in [4.69, 9.17) is 11.6 Å². The van der Waals surface area contributed by atoms with Crippen molar-refractivity contribution in [3.05, 3.63) is 70.2 Å². The van der Waals surface area contributed by atoms with E-state index in [1.165, 1.54) is 11.1 Å². The van der Waals surface area contributed by atoms with E-state index in [9.17, 15) is 5.26 Å². The summed E-state index contributed by atoms with van der Waals surface area (Å²) >= 11 is 5.98. The van der Waals surface area contributed by atoms with Gasteiger partial charge in [-0.2, -0.15) is 5.26 Å². The number of hydrogen-bond acceptors (Lipinski definition) is 1. The molecule has 2 aromatic rings. The van der Waals surface area contributed by atoms with Crippen LogP contribution in [0.15, 0.2) is 48.5 Å². The van der Waals surface area contributed by atoms with Crippen molar-refractivity contribution in [2.24, 2.45) is 0 Å². The Bertz CT molecular complexity index is 581. The van der Waals surface area contributed by atoms with Gasteiger partial charge < -0.3 is 0 Å². The summed E-state index contributed by atoms with van der Waals surface area (Å²) in [5.41, 5.74) is 3.48. The molecule has 1 unspecified atom stereocenters. The van der Waals surface area contributed by atoms with E-state index in [1.807, 2.05) is 24.3 Å². The molecule has 0 fully saturated rings. The molecule has 0 aromatic heterocycles. The van der Waals surface area contributed by atoms with Crippen molar-refractivity contribution in [1.29, 1.82) is 5.26 Å². The van der Waals surface area contributed by atoms with Gasteiger partial charge in [-0.25, -0.2) is 0 Å². The molecule has 2 aromatic carbocycles. The first-order chi connectivity index (χ1) is 9.22. The minimum Gasteiger partial charge on any atom is -0.198 e. The molecule has 0 radical (unpaired) electrons. The molecular weight excluding hydrogens is 254 g/mol. The Hall–Kier alpha value is -1.78. The van der Waals surface area contributed by atoms with Crippen molar-refractivity contribution in [3.63, 3.8) is 0 Å². The molecule has 0 saturated heterocycles. The van der Waals surface area contributed by atoms with Crippen molar-refractivity contribution in [2.75, 3.05) is 0 Å². The monoisotopic (exact) mass is 269 g/mol. The first-order valence-electron chi connectivity index (χ1n) is 6.46. The highest BCUT2D eigenvalue weighted by Crippen LogP contribution is 2.23. The van der Waals surface area contributed by atoms with Gasteiger partial charge in [-0.15, -0.1) is 0 Å². The quantitative estimate of drug-likeness (QED) is 0.786. The smallest absolute Gasteiger partial charge is 0.0753 e. The molecule has 0 aliphatic carbocycles. The highest BCUT2D eigenvalue weighted by molar-refractivity contribution is 6.30. The van der Waals surface area contributed by atoms with E-state index in [2.05, 4.69) is 37.3 Å². The molecule has 0 bridgehead atoms. The van der Waals surface area contributed by atoms with Crippen LogP contribution in [0.4, 0.5) is 0 Å². The number of aryl methyl sites for hydroxylation is 1. The number of hydrogen-bond donors (Lipinski definition) is 0. The van der Waals surface area contributed by atoms with Gasteiger partial charge in [0.2, 0.25) is 0 Å². The first-order valence-corrected chi connectivity index (χ1v) is 6.83. The van der Waals surface area contributed by atoms with Gasteiger partial charge in [-0.3, -0.25) is 0 Å². The van der Waals surface area contributed by atoms with Crippen LogP contribution < -0.4 is 0 Å². The summed E-state index contributed by atoms with van der Waals surface area (Å²) in [6.45, 7) is 2.14. The summed E-state index contributed by atoms with van der Waals surface area (Å²) in [6, 6.07) is 18.4. The lowest BCUT2D eigenvalue weighted by molar-refractivity contribution is 0.848. The van der Waals surface area contributed by atoms with E-state index >= 15 is 0 Å². The molecule has 96 valence electrons. The van der Waals surface area contributed by atoms with Gasteiger partial charge >= 0.3 is 0 Å². The fourth-order valence-electron chi connectivity index (χ4n) is 2.11. The van der Waals surface area contributed by atoms with Crippen LogP contribution in [0.5, 0.6) is 0 Å². The van der Waals surface area contributed by atoms with Crippen LogP contribution in [0.1, 0.15) is 29.5 Å². The SMILES string of the molecule is CCc1ccc(CC(C#N)c2cccc(Cl)c2)cc1. The van der Waals surface area contributed by atoms with Gasteiger partial charge in [0.15, 0.2) is 0 Å². The van der Waals surface area contributed by atoms with E-state index < -0.39 is 0 Å². The van der Waals surface area contributed by atoms with Gasteiger partial charge in [-0.1, -0.05) is 54.9 Å². The van der Waals surface area contributed by atoms with Crippen molar-refractivity contribution >= 4 is 11.6 Å². The summed E-state index contributed by atoms with van der Waals surface area (Å²) in [6.07, 6.45) is 1.76. The van der Waals surface area contributed by atoms with Crippen LogP contribution in [0.3, 0.4) is 0 Å². The Morgan fingerprint density at radius 1 is 1.11 bits per heavy atom. The fourth-order valence-corrected chi connectivity index (χ4v) is 2.31. The fraction of sp³-hybridized carbons (Fsp3) is 0.235. The van der Waals surface area contributed by atoms with Crippen molar-refractivity contribution in [1.82, 2.24) is 0 Å². The third-order valence-electron chi connectivity index (χ3n) is 3.28. The zero-order chi connectivity index (χ0) is 13.7. The molecule has 19 heavy (non-hydrogen) atoms. The van der Waals surface area contributed by atoms with Gasteiger partial charge in [-0.05, 0) is 41.7 Å². The molecule has 0 saturated carbocycles. The second kappa shape index (κ2) is 6.41. The van der Waals surface area contributed by atoms with Crippen LogP contribution >= 0.6 is 11.6 Å². The zero-order valence-corrected chi connectivity index (χ0v) is 11.7. The van der Waals surface area contributed by atoms with Crippen molar-refractivity contribution in [3.8, 4) is 6.07 Å². The number of halogens is 1. The predicted octanol–water partition coefficient (Wildman–Crippen LogP) is 4.75.